The van der Waals surface area contributed by atoms with Crippen molar-refractivity contribution in [3.05, 3.63) is 70.3 Å². The normalized spacial score (nSPS) is 12.9. The Balaban J connectivity index is 1.75. The van der Waals surface area contributed by atoms with Gasteiger partial charge in [-0.25, -0.2) is 0 Å². The molecule has 3 rings (SSSR count). The van der Waals surface area contributed by atoms with Crippen molar-refractivity contribution in [2.24, 2.45) is 0 Å². The minimum Gasteiger partial charge on any atom is -0.466 e. The summed E-state index contributed by atoms with van der Waals surface area (Å²) < 4.78 is 5.87. The second-order valence-electron chi connectivity index (χ2n) is 6.59. The van der Waals surface area contributed by atoms with E-state index in [9.17, 15) is 14.4 Å². The van der Waals surface area contributed by atoms with Crippen LogP contribution in [-0.2, 0) is 25.7 Å². The number of amides is 2. The van der Waals surface area contributed by atoms with Gasteiger partial charge in [-0.05, 0) is 30.7 Å². The summed E-state index contributed by atoms with van der Waals surface area (Å²) in [7, 11) is 0. The number of nitrogens with zero attached hydrogens (tertiary/aromatic N) is 1. The molecular weight excluding hydrogens is 450 g/mol. The van der Waals surface area contributed by atoms with Crippen LogP contribution in [0, 0.1) is 0 Å². The molecule has 1 aliphatic heterocycles. The molecule has 2 aromatic carbocycles. The molecule has 8 heteroatoms. The van der Waals surface area contributed by atoms with Gasteiger partial charge in [-0.3, -0.25) is 19.3 Å². The lowest BCUT2D eigenvalue weighted by Gasteiger charge is -2.21. The molecule has 0 saturated heterocycles. The first-order valence-corrected chi connectivity index (χ1v) is 10.3. The SMILES string of the molecule is CCOC(=O)CC1=CC(=O)N(CC(=O)NCc2ccccc2Br)c2ccccc2N1. The van der Waals surface area contributed by atoms with Gasteiger partial charge < -0.3 is 15.4 Å². The average molecular weight is 472 g/mol. The number of halogens is 1. The predicted octanol–water partition coefficient (Wildman–Crippen LogP) is 3.36. The van der Waals surface area contributed by atoms with Crippen molar-refractivity contribution in [1.82, 2.24) is 5.32 Å². The van der Waals surface area contributed by atoms with Crippen molar-refractivity contribution in [2.75, 3.05) is 23.4 Å². The average Bonchev–Trinajstić information content (AvgIpc) is 2.84. The number of hydrogen-bond donors (Lipinski definition) is 2. The number of rotatable bonds is 7. The number of benzene rings is 2. The van der Waals surface area contributed by atoms with Gasteiger partial charge in [0.05, 0.1) is 24.4 Å². The van der Waals surface area contributed by atoms with Crippen LogP contribution in [0.3, 0.4) is 0 Å². The molecule has 1 heterocycles. The first-order valence-electron chi connectivity index (χ1n) is 9.51. The van der Waals surface area contributed by atoms with E-state index in [0.29, 0.717) is 23.6 Å². The molecule has 2 N–H and O–H groups in total. The smallest absolute Gasteiger partial charge is 0.311 e. The molecule has 0 fully saturated rings. The highest BCUT2D eigenvalue weighted by molar-refractivity contribution is 9.10. The largest absolute Gasteiger partial charge is 0.466 e. The number of para-hydroxylation sites is 2. The lowest BCUT2D eigenvalue weighted by molar-refractivity contribution is -0.142. The van der Waals surface area contributed by atoms with Crippen molar-refractivity contribution < 1.29 is 19.1 Å². The zero-order valence-corrected chi connectivity index (χ0v) is 18.1. The van der Waals surface area contributed by atoms with Gasteiger partial charge in [-0.1, -0.05) is 46.3 Å². The van der Waals surface area contributed by atoms with E-state index in [-0.39, 0.29) is 31.4 Å². The standard InChI is InChI=1S/C22H22BrN3O4/c1-2-30-22(29)12-16-11-21(28)26(19-10-6-5-9-18(19)25-16)14-20(27)24-13-15-7-3-4-8-17(15)23/h3-11,25H,2,12-14H2,1H3,(H,24,27). The van der Waals surface area contributed by atoms with E-state index in [0.717, 1.165) is 10.0 Å². The number of fused-ring (bicyclic) bond motifs is 1. The van der Waals surface area contributed by atoms with E-state index >= 15 is 0 Å². The Bertz CT molecular complexity index is 990. The molecule has 30 heavy (non-hydrogen) atoms. The molecule has 7 nitrogen and oxygen atoms in total. The molecule has 2 aromatic rings. The number of anilines is 2. The number of carbonyl (C=O) groups is 3. The van der Waals surface area contributed by atoms with Gasteiger partial charge in [0.1, 0.15) is 6.54 Å². The summed E-state index contributed by atoms with van der Waals surface area (Å²) in [4.78, 5) is 38.7. The van der Waals surface area contributed by atoms with Crippen LogP contribution in [0.25, 0.3) is 0 Å². The van der Waals surface area contributed by atoms with E-state index in [1.807, 2.05) is 30.3 Å². The summed E-state index contributed by atoms with van der Waals surface area (Å²) in [6, 6.07) is 14.7. The van der Waals surface area contributed by atoms with Gasteiger partial charge in [0.15, 0.2) is 0 Å². The second kappa shape index (κ2) is 10.1. The maximum atomic E-state index is 12.9. The first-order chi connectivity index (χ1) is 14.5. The number of nitrogens with one attached hydrogen (secondary N) is 2. The first kappa shape index (κ1) is 21.6. The highest BCUT2D eigenvalue weighted by Gasteiger charge is 2.25. The fourth-order valence-corrected chi connectivity index (χ4v) is 3.46. The summed E-state index contributed by atoms with van der Waals surface area (Å²) in [6.45, 7) is 2.18. The summed E-state index contributed by atoms with van der Waals surface area (Å²) in [5.74, 6) is -1.11. The molecule has 0 bridgehead atoms. The molecule has 0 radical (unpaired) electrons. The zero-order chi connectivity index (χ0) is 21.5. The van der Waals surface area contributed by atoms with Gasteiger partial charge in [0.25, 0.3) is 5.91 Å². The van der Waals surface area contributed by atoms with Crippen LogP contribution in [-0.4, -0.2) is 30.9 Å². The van der Waals surface area contributed by atoms with Gasteiger partial charge in [-0.15, -0.1) is 0 Å². The van der Waals surface area contributed by atoms with E-state index in [4.69, 9.17) is 4.74 Å². The minimum absolute atomic E-state index is 0.0595. The Morgan fingerprint density at radius 1 is 1.13 bits per heavy atom. The Kier molecular flexibility index (Phi) is 7.24. The van der Waals surface area contributed by atoms with Crippen molar-refractivity contribution in [2.45, 2.75) is 19.9 Å². The number of esters is 1. The Morgan fingerprint density at radius 3 is 2.63 bits per heavy atom. The molecule has 156 valence electrons. The van der Waals surface area contributed by atoms with Crippen LogP contribution >= 0.6 is 15.9 Å². The van der Waals surface area contributed by atoms with Crippen LogP contribution in [0.5, 0.6) is 0 Å². The van der Waals surface area contributed by atoms with Crippen LogP contribution in [0.15, 0.2) is 64.8 Å². The van der Waals surface area contributed by atoms with Crippen molar-refractivity contribution in [3.63, 3.8) is 0 Å². The van der Waals surface area contributed by atoms with E-state index in [1.54, 1.807) is 25.1 Å². The van der Waals surface area contributed by atoms with Gasteiger partial charge >= 0.3 is 5.97 Å². The topological polar surface area (TPSA) is 87.7 Å². The highest BCUT2D eigenvalue weighted by Crippen LogP contribution is 2.30. The molecule has 0 unspecified atom stereocenters. The third kappa shape index (κ3) is 5.48. The van der Waals surface area contributed by atoms with Crippen LogP contribution < -0.4 is 15.5 Å². The van der Waals surface area contributed by atoms with Crippen LogP contribution in [0.2, 0.25) is 0 Å². The van der Waals surface area contributed by atoms with Gasteiger partial charge in [0, 0.05) is 22.8 Å². The van der Waals surface area contributed by atoms with Gasteiger partial charge in [0.2, 0.25) is 5.91 Å². The molecule has 0 atom stereocenters. The summed E-state index contributed by atoms with van der Waals surface area (Å²) >= 11 is 3.45. The Hall–Kier alpha value is -3.13. The van der Waals surface area contributed by atoms with Crippen molar-refractivity contribution in [1.29, 1.82) is 0 Å². The van der Waals surface area contributed by atoms with Crippen LogP contribution in [0.1, 0.15) is 18.9 Å². The molecule has 0 spiro atoms. The Labute approximate surface area is 183 Å². The highest BCUT2D eigenvalue weighted by atomic mass is 79.9. The third-order valence-corrected chi connectivity index (χ3v) is 5.20. The second-order valence-corrected chi connectivity index (χ2v) is 7.44. The van der Waals surface area contributed by atoms with Crippen molar-refractivity contribution in [3.8, 4) is 0 Å². The Morgan fingerprint density at radius 2 is 1.87 bits per heavy atom. The number of carbonyl (C=O) groups excluding carboxylic acids is 3. The molecule has 0 saturated carbocycles. The molecule has 2 amide bonds. The molecule has 0 aromatic heterocycles. The quantitative estimate of drug-likeness (QED) is 0.604. The predicted molar refractivity (Wildman–Crippen MR) is 118 cm³/mol. The molecule has 1 aliphatic rings. The lowest BCUT2D eigenvalue weighted by Crippen LogP contribution is -2.39. The number of hydrogen-bond acceptors (Lipinski definition) is 5. The summed E-state index contributed by atoms with van der Waals surface area (Å²) in [5, 5.41) is 5.95. The molecule has 0 aliphatic carbocycles. The van der Waals surface area contributed by atoms with Crippen LogP contribution in [0.4, 0.5) is 11.4 Å². The van der Waals surface area contributed by atoms with E-state index in [1.165, 1.54) is 11.0 Å². The fourth-order valence-electron chi connectivity index (χ4n) is 3.03. The number of ether oxygens (including phenoxy) is 1. The van der Waals surface area contributed by atoms with Crippen molar-refractivity contribution >= 4 is 45.1 Å². The maximum Gasteiger partial charge on any atom is 0.311 e. The summed E-state index contributed by atoms with van der Waals surface area (Å²) in [5.41, 5.74) is 2.56. The maximum absolute atomic E-state index is 12.9. The molecular formula is C22H22BrN3O4. The van der Waals surface area contributed by atoms with Gasteiger partial charge in [-0.2, -0.15) is 0 Å². The van der Waals surface area contributed by atoms with E-state index in [2.05, 4.69) is 26.6 Å². The monoisotopic (exact) mass is 471 g/mol. The zero-order valence-electron chi connectivity index (χ0n) is 16.5. The third-order valence-electron chi connectivity index (χ3n) is 4.43. The fraction of sp³-hybridized carbons (Fsp3) is 0.227. The van der Waals surface area contributed by atoms with E-state index < -0.39 is 5.97 Å². The minimum atomic E-state index is -0.429. The summed E-state index contributed by atoms with van der Waals surface area (Å²) in [6.07, 6.45) is 1.27. The lowest BCUT2D eigenvalue weighted by atomic mass is 10.2.